The monoisotopic (exact) mass is 480 g/mol. The van der Waals surface area contributed by atoms with Crippen LogP contribution >= 0.6 is 25.3 Å². The van der Waals surface area contributed by atoms with E-state index in [2.05, 4.69) is 41.2 Å². The first-order valence-electron chi connectivity index (χ1n) is 9.10. The van der Waals surface area contributed by atoms with Gasteiger partial charge >= 0.3 is 5.97 Å². The van der Waals surface area contributed by atoms with Crippen LogP contribution in [0.4, 0.5) is 0 Å². The number of primary amides is 2. The molecule has 0 saturated carbocycles. The van der Waals surface area contributed by atoms with Crippen LogP contribution in [0.2, 0.25) is 0 Å². The van der Waals surface area contributed by atoms with Crippen molar-refractivity contribution in [2.45, 2.75) is 49.9 Å². The van der Waals surface area contributed by atoms with E-state index in [0.29, 0.717) is 0 Å². The molecule has 10 N–H and O–H groups in total. The van der Waals surface area contributed by atoms with Gasteiger partial charge in [-0.3, -0.25) is 24.0 Å². The standard InChI is InChI=1S/C16H28N6O7S2/c17-7(5-30)13(25)22-10(6-31)15(27)20-8(1-3-11(18)23)14(26)21-9(16(28)29)2-4-12(19)24/h7-10,30-31H,1-6,17H2,(H2,18,23)(H2,19,24)(H,20,27)(H,21,26)(H,22,25)(H,28,29). The maximum atomic E-state index is 12.5. The van der Waals surface area contributed by atoms with E-state index in [1.54, 1.807) is 0 Å². The van der Waals surface area contributed by atoms with Crippen molar-refractivity contribution in [3.63, 3.8) is 0 Å². The third-order valence-corrected chi connectivity index (χ3v) is 4.71. The lowest BCUT2D eigenvalue weighted by molar-refractivity contribution is -0.142. The topological polar surface area (TPSA) is 237 Å². The first-order valence-corrected chi connectivity index (χ1v) is 10.4. The van der Waals surface area contributed by atoms with E-state index in [0.717, 1.165) is 0 Å². The van der Waals surface area contributed by atoms with E-state index >= 15 is 0 Å². The molecule has 4 atom stereocenters. The van der Waals surface area contributed by atoms with Crippen LogP contribution in [0.1, 0.15) is 25.7 Å². The SMILES string of the molecule is NC(=O)CCC(NC(=O)C(CCC(N)=O)NC(=O)C(CS)NC(=O)C(N)CS)C(=O)O. The molecular weight excluding hydrogens is 452 g/mol. The maximum absolute atomic E-state index is 12.5. The molecule has 0 aliphatic heterocycles. The highest BCUT2D eigenvalue weighted by atomic mass is 32.1. The Labute approximate surface area is 189 Å². The summed E-state index contributed by atoms with van der Waals surface area (Å²) in [6.07, 6.45) is -1.10. The molecule has 0 aliphatic carbocycles. The van der Waals surface area contributed by atoms with Gasteiger partial charge in [-0.05, 0) is 12.8 Å². The molecule has 0 spiro atoms. The predicted molar refractivity (Wildman–Crippen MR) is 116 cm³/mol. The van der Waals surface area contributed by atoms with Gasteiger partial charge in [-0.2, -0.15) is 25.3 Å². The van der Waals surface area contributed by atoms with Crippen molar-refractivity contribution in [2.75, 3.05) is 11.5 Å². The van der Waals surface area contributed by atoms with Gasteiger partial charge in [0.25, 0.3) is 0 Å². The molecule has 0 aromatic heterocycles. The second-order valence-electron chi connectivity index (χ2n) is 6.50. The van der Waals surface area contributed by atoms with E-state index in [9.17, 15) is 33.9 Å². The number of thiol groups is 2. The number of hydrogen-bond donors (Lipinski definition) is 9. The number of aliphatic carboxylic acids is 1. The number of amides is 5. The molecule has 0 saturated heterocycles. The summed E-state index contributed by atoms with van der Waals surface area (Å²) in [6.45, 7) is 0. The first-order chi connectivity index (χ1) is 14.4. The molecule has 0 heterocycles. The fourth-order valence-corrected chi connectivity index (χ4v) is 2.62. The Balaban J connectivity index is 5.33. The average Bonchev–Trinajstić information content (AvgIpc) is 2.70. The number of carbonyl (C=O) groups excluding carboxylic acids is 5. The van der Waals surface area contributed by atoms with E-state index in [1.807, 2.05) is 0 Å². The molecule has 13 nitrogen and oxygen atoms in total. The van der Waals surface area contributed by atoms with Crippen molar-refractivity contribution < 1.29 is 33.9 Å². The number of rotatable bonds is 15. The van der Waals surface area contributed by atoms with Crippen molar-refractivity contribution in [3.8, 4) is 0 Å². The van der Waals surface area contributed by atoms with Gasteiger partial charge in [0, 0.05) is 24.3 Å². The molecule has 0 bridgehead atoms. The first kappa shape index (κ1) is 28.5. The summed E-state index contributed by atoms with van der Waals surface area (Å²) in [7, 11) is 0. The van der Waals surface area contributed by atoms with Crippen LogP contribution in [0, 0.1) is 0 Å². The van der Waals surface area contributed by atoms with Gasteiger partial charge in [-0.1, -0.05) is 0 Å². The summed E-state index contributed by atoms with van der Waals surface area (Å²) in [5.41, 5.74) is 15.6. The number of carboxylic acids is 1. The van der Waals surface area contributed by atoms with Crippen molar-refractivity contribution in [3.05, 3.63) is 0 Å². The van der Waals surface area contributed by atoms with Gasteiger partial charge in [-0.25, -0.2) is 4.79 Å². The zero-order valence-corrected chi connectivity index (χ0v) is 18.4. The van der Waals surface area contributed by atoms with Gasteiger partial charge in [0.15, 0.2) is 0 Å². The smallest absolute Gasteiger partial charge is 0.326 e. The van der Waals surface area contributed by atoms with Gasteiger partial charge < -0.3 is 38.3 Å². The van der Waals surface area contributed by atoms with E-state index in [1.165, 1.54) is 0 Å². The molecular formula is C16H28N6O7S2. The molecule has 0 aromatic rings. The highest BCUT2D eigenvalue weighted by Gasteiger charge is 2.30. The quantitative estimate of drug-likeness (QED) is 0.105. The summed E-state index contributed by atoms with van der Waals surface area (Å²) in [5, 5.41) is 16.1. The number of nitrogens with two attached hydrogens (primary N) is 3. The summed E-state index contributed by atoms with van der Waals surface area (Å²) in [4.78, 5) is 70.3. The fraction of sp³-hybridized carbons (Fsp3) is 0.625. The minimum Gasteiger partial charge on any atom is -0.480 e. The summed E-state index contributed by atoms with van der Waals surface area (Å²) in [6, 6.07) is -4.96. The van der Waals surface area contributed by atoms with Crippen molar-refractivity contribution >= 4 is 60.8 Å². The van der Waals surface area contributed by atoms with Gasteiger partial charge in [0.05, 0.1) is 6.04 Å². The predicted octanol–water partition coefficient (Wildman–Crippen LogP) is -3.76. The highest BCUT2D eigenvalue weighted by molar-refractivity contribution is 7.80. The minimum atomic E-state index is -1.46. The van der Waals surface area contributed by atoms with Crippen molar-refractivity contribution in [1.29, 1.82) is 0 Å². The number of hydrogen-bond acceptors (Lipinski definition) is 9. The number of carbonyl (C=O) groups is 6. The largest absolute Gasteiger partial charge is 0.480 e. The Kier molecular flexibility index (Phi) is 13.3. The van der Waals surface area contributed by atoms with Crippen LogP contribution in [0.15, 0.2) is 0 Å². The van der Waals surface area contributed by atoms with E-state index < -0.39 is 59.7 Å². The summed E-state index contributed by atoms with van der Waals surface area (Å²) >= 11 is 7.87. The molecule has 5 amide bonds. The van der Waals surface area contributed by atoms with Crippen LogP contribution < -0.4 is 33.2 Å². The van der Waals surface area contributed by atoms with Gasteiger partial charge in [-0.15, -0.1) is 0 Å². The van der Waals surface area contributed by atoms with Crippen molar-refractivity contribution in [2.24, 2.45) is 17.2 Å². The lowest BCUT2D eigenvalue weighted by atomic mass is 10.1. The van der Waals surface area contributed by atoms with Crippen LogP contribution in [-0.2, 0) is 28.8 Å². The molecule has 4 unspecified atom stereocenters. The van der Waals surface area contributed by atoms with Crippen LogP contribution in [0.25, 0.3) is 0 Å². The molecule has 0 rings (SSSR count). The fourth-order valence-electron chi connectivity index (χ4n) is 2.20. The third kappa shape index (κ3) is 11.4. The maximum Gasteiger partial charge on any atom is 0.326 e. The normalized spacial score (nSPS) is 14.4. The molecule has 31 heavy (non-hydrogen) atoms. The Morgan fingerprint density at radius 2 is 1.13 bits per heavy atom. The molecule has 15 heteroatoms. The number of carboxylic acid groups (broad SMARTS) is 1. The second kappa shape index (κ2) is 14.5. The molecule has 0 fully saturated rings. The lowest BCUT2D eigenvalue weighted by Crippen LogP contribution is -2.58. The molecule has 0 aliphatic rings. The Hall–Kier alpha value is -2.52. The van der Waals surface area contributed by atoms with Crippen LogP contribution in [0.3, 0.4) is 0 Å². The van der Waals surface area contributed by atoms with Gasteiger partial charge in [0.2, 0.25) is 29.5 Å². The molecule has 176 valence electrons. The van der Waals surface area contributed by atoms with Gasteiger partial charge in [0.1, 0.15) is 18.1 Å². The molecule has 0 radical (unpaired) electrons. The summed E-state index contributed by atoms with van der Waals surface area (Å²) < 4.78 is 0. The Morgan fingerprint density at radius 1 is 0.710 bits per heavy atom. The molecule has 0 aromatic carbocycles. The number of nitrogens with one attached hydrogen (secondary N) is 3. The lowest BCUT2D eigenvalue weighted by Gasteiger charge is -2.24. The Bertz CT molecular complexity index is 693. The zero-order valence-electron chi connectivity index (χ0n) is 16.6. The average molecular weight is 481 g/mol. The Morgan fingerprint density at radius 3 is 1.55 bits per heavy atom. The van der Waals surface area contributed by atoms with E-state index in [-0.39, 0.29) is 37.2 Å². The van der Waals surface area contributed by atoms with Crippen LogP contribution in [0.5, 0.6) is 0 Å². The minimum absolute atomic E-state index is 0.0261. The third-order valence-electron chi connectivity index (χ3n) is 3.96. The van der Waals surface area contributed by atoms with Crippen LogP contribution in [-0.4, -0.2) is 76.3 Å². The second-order valence-corrected chi connectivity index (χ2v) is 7.23. The van der Waals surface area contributed by atoms with Crippen molar-refractivity contribution in [1.82, 2.24) is 16.0 Å². The highest BCUT2D eigenvalue weighted by Crippen LogP contribution is 2.04. The zero-order chi connectivity index (χ0) is 24.1. The van der Waals surface area contributed by atoms with E-state index in [4.69, 9.17) is 17.2 Å². The summed E-state index contributed by atoms with van der Waals surface area (Å²) in [5.74, 6) is -5.46.